The third-order valence-electron chi connectivity index (χ3n) is 4.63. The number of carbonyl (C=O) groups is 1. The molecule has 0 spiro atoms. The highest BCUT2D eigenvalue weighted by Gasteiger charge is 2.18. The Balaban J connectivity index is 1.52. The van der Waals surface area contributed by atoms with E-state index in [0.29, 0.717) is 43.3 Å². The average Bonchev–Trinajstić information content (AvgIpc) is 2.69. The van der Waals surface area contributed by atoms with Crippen molar-refractivity contribution in [3.63, 3.8) is 0 Å². The highest BCUT2D eigenvalue weighted by molar-refractivity contribution is 6.31. The number of hydrogen-bond donors (Lipinski definition) is 0. The number of allylic oxidation sites excluding steroid dienone is 1. The zero-order valence-corrected chi connectivity index (χ0v) is 16.3. The summed E-state index contributed by atoms with van der Waals surface area (Å²) in [7, 11) is 0. The van der Waals surface area contributed by atoms with Gasteiger partial charge >= 0.3 is 6.61 Å². The molecule has 1 saturated heterocycles. The van der Waals surface area contributed by atoms with Gasteiger partial charge in [0.15, 0.2) is 5.78 Å². The van der Waals surface area contributed by atoms with Crippen molar-refractivity contribution in [1.82, 2.24) is 9.80 Å². The van der Waals surface area contributed by atoms with Gasteiger partial charge in [0, 0.05) is 61.1 Å². The van der Waals surface area contributed by atoms with Crippen LogP contribution in [0.5, 0.6) is 5.75 Å². The molecule has 0 N–H and O–H groups in total. The highest BCUT2D eigenvalue weighted by atomic mass is 35.5. The summed E-state index contributed by atoms with van der Waals surface area (Å²) in [6, 6.07) is 10.3. The number of ether oxygens (including phenoxy) is 1. The van der Waals surface area contributed by atoms with Crippen LogP contribution >= 0.6 is 11.6 Å². The van der Waals surface area contributed by atoms with Gasteiger partial charge in [-0.05, 0) is 24.3 Å². The number of piperazine rings is 1. The van der Waals surface area contributed by atoms with Gasteiger partial charge in [-0.1, -0.05) is 29.8 Å². The minimum Gasteiger partial charge on any atom is -0.435 e. The van der Waals surface area contributed by atoms with E-state index in [2.05, 4.69) is 9.64 Å². The Hall–Kier alpha value is -2.51. The Labute approximate surface area is 172 Å². The van der Waals surface area contributed by atoms with Crippen LogP contribution in [0.2, 0.25) is 5.02 Å². The molecule has 0 saturated carbocycles. The molecule has 4 nitrogen and oxygen atoms in total. The molecule has 154 valence electrons. The number of nitrogens with zero attached hydrogens (tertiary/aromatic N) is 2. The third-order valence-corrected chi connectivity index (χ3v) is 4.98. The van der Waals surface area contributed by atoms with Crippen molar-refractivity contribution in [2.45, 2.75) is 13.2 Å². The molecule has 1 aliphatic rings. The van der Waals surface area contributed by atoms with Crippen LogP contribution in [0.1, 0.15) is 15.9 Å². The van der Waals surface area contributed by atoms with Crippen molar-refractivity contribution in [3.8, 4) is 5.75 Å². The number of hydrogen-bond acceptors (Lipinski definition) is 4. The predicted molar refractivity (Wildman–Crippen MR) is 105 cm³/mol. The Morgan fingerprint density at radius 2 is 1.86 bits per heavy atom. The molecule has 1 heterocycles. The second-order valence-corrected chi connectivity index (χ2v) is 7.01. The van der Waals surface area contributed by atoms with E-state index >= 15 is 0 Å². The van der Waals surface area contributed by atoms with Gasteiger partial charge in [-0.25, -0.2) is 4.39 Å². The van der Waals surface area contributed by atoms with Gasteiger partial charge in [0.2, 0.25) is 0 Å². The van der Waals surface area contributed by atoms with E-state index in [4.69, 9.17) is 11.6 Å². The van der Waals surface area contributed by atoms with Crippen LogP contribution in [0.4, 0.5) is 13.2 Å². The number of alkyl halides is 2. The number of rotatable bonds is 7. The van der Waals surface area contributed by atoms with E-state index in [0.717, 1.165) is 0 Å². The number of benzene rings is 2. The van der Waals surface area contributed by atoms with E-state index in [9.17, 15) is 18.0 Å². The summed E-state index contributed by atoms with van der Waals surface area (Å²) in [5.41, 5.74) is 0.756. The van der Waals surface area contributed by atoms with Gasteiger partial charge in [0.25, 0.3) is 0 Å². The summed E-state index contributed by atoms with van der Waals surface area (Å²) in [5, 5.41) is 0.413. The van der Waals surface area contributed by atoms with Crippen LogP contribution in [-0.2, 0) is 6.54 Å². The molecule has 0 unspecified atom stereocenters. The zero-order valence-electron chi connectivity index (χ0n) is 15.5. The lowest BCUT2D eigenvalue weighted by molar-refractivity contribution is -0.0498. The van der Waals surface area contributed by atoms with Crippen LogP contribution < -0.4 is 4.74 Å². The third kappa shape index (κ3) is 5.98. The lowest BCUT2D eigenvalue weighted by Crippen LogP contribution is -2.43. The minimum atomic E-state index is -2.94. The molecular formula is C21H20ClF3N2O2. The van der Waals surface area contributed by atoms with E-state index in [-0.39, 0.29) is 22.9 Å². The maximum atomic E-state index is 13.9. The van der Waals surface area contributed by atoms with E-state index in [1.807, 2.05) is 4.90 Å². The van der Waals surface area contributed by atoms with Gasteiger partial charge in [0.05, 0.1) is 0 Å². The van der Waals surface area contributed by atoms with Crippen LogP contribution in [0.15, 0.2) is 54.7 Å². The fourth-order valence-electron chi connectivity index (χ4n) is 3.07. The standard InChI is InChI=1S/C21H20ClF3N2O2/c22-18-5-2-6-19(23)17(18)14-27-11-9-26(10-12-27)8-7-20(28)15-3-1-4-16(13-15)29-21(24)25/h1-8,13,21H,9-12,14H2/b8-7+. The molecule has 1 aliphatic heterocycles. The molecule has 2 aromatic rings. The number of ketones is 1. The molecule has 3 rings (SSSR count). The fourth-order valence-corrected chi connectivity index (χ4v) is 3.30. The van der Waals surface area contributed by atoms with Crippen LogP contribution in [0, 0.1) is 5.82 Å². The maximum Gasteiger partial charge on any atom is 0.387 e. The van der Waals surface area contributed by atoms with Crippen molar-refractivity contribution in [2.24, 2.45) is 0 Å². The summed E-state index contributed by atoms with van der Waals surface area (Å²) in [4.78, 5) is 16.4. The van der Waals surface area contributed by atoms with Crippen LogP contribution in [0.3, 0.4) is 0 Å². The van der Waals surface area contributed by atoms with Crippen LogP contribution in [-0.4, -0.2) is 48.4 Å². The first kappa shape index (κ1) is 21.2. The first-order chi connectivity index (χ1) is 13.9. The van der Waals surface area contributed by atoms with Gasteiger partial charge in [0.1, 0.15) is 11.6 Å². The van der Waals surface area contributed by atoms with Crippen molar-refractivity contribution in [2.75, 3.05) is 26.2 Å². The van der Waals surface area contributed by atoms with Gasteiger partial charge < -0.3 is 9.64 Å². The molecule has 1 fully saturated rings. The van der Waals surface area contributed by atoms with Crippen molar-refractivity contribution >= 4 is 17.4 Å². The maximum absolute atomic E-state index is 13.9. The predicted octanol–water partition coefficient (Wildman–Crippen LogP) is 4.59. The van der Waals surface area contributed by atoms with Crippen molar-refractivity contribution in [3.05, 3.63) is 76.7 Å². The highest BCUT2D eigenvalue weighted by Crippen LogP contribution is 2.21. The number of halogens is 4. The molecule has 29 heavy (non-hydrogen) atoms. The van der Waals surface area contributed by atoms with Gasteiger partial charge in [-0.2, -0.15) is 8.78 Å². The SMILES string of the molecule is O=C(/C=C/N1CCN(Cc2c(F)cccc2Cl)CC1)c1cccc(OC(F)F)c1. The molecule has 0 aromatic heterocycles. The molecule has 2 aromatic carbocycles. The smallest absolute Gasteiger partial charge is 0.387 e. The summed E-state index contributed by atoms with van der Waals surface area (Å²) in [6.45, 7) is 0.224. The molecule has 8 heteroatoms. The first-order valence-electron chi connectivity index (χ1n) is 9.09. The summed E-state index contributed by atoms with van der Waals surface area (Å²) < 4.78 is 42.8. The van der Waals surface area contributed by atoms with E-state index in [1.54, 1.807) is 24.4 Å². The Kier molecular flexibility index (Phi) is 7.17. The Morgan fingerprint density at radius 3 is 2.55 bits per heavy atom. The zero-order chi connectivity index (χ0) is 20.8. The topological polar surface area (TPSA) is 32.8 Å². The lowest BCUT2D eigenvalue weighted by Gasteiger charge is -2.34. The largest absolute Gasteiger partial charge is 0.435 e. The summed E-state index contributed by atoms with van der Waals surface area (Å²) >= 11 is 6.08. The van der Waals surface area contributed by atoms with Crippen molar-refractivity contribution < 1.29 is 22.7 Å². The monoisotopic (exact) mass is 424 g/mol. The number of carbonyl (C=O) groups excluding carboxylic acids is 1. The minimum absolute atomic E-state index is 0.0559. The van der Waals surface area contributed by atoms with Gasteiger partial charge in [-0.3, -0.25) is 9.69 Å². The molecular weight excluding hydrogens is 405 g/mol. The lowest BCUT2D eigenvalue weighted by atomic mass is 10.1. The van der Waals surface area contributed by atoms with Crippen molar-refractivity contribution in [1.29, 1.82) is 0 Å². The fraction of sp³-hybridized carbons (Fsp3) is 0.286. The normalized spacial score (nSPS) is 15.3. The molecule has 0 atom stereocenters. The second-order valence-electron chi connectivity index (χ2n) is 6.60. The quantitative estimate of drug-likeness (QED) is 0.480. The first-order valence-corrected chi connectivity index (χ1v) is 9.47. The van der Waals surface area contributed by atoms with E-state index in [1.165, 1.54) is 30.3 Å². The average molecular weight is 425 g/mol. The molecule has 0 radical (unpaired) electrons. The van der Waals surface area contributed by atoms with Crippen LogP contribution in [0.25, 0.3) is 0 Å². The summed E-state index contributed by atoms with van der Waals surface area (Å²) in [5.74, 6) is -0.673. The second kappa shape index (κ2) is 9.80. The van der Waals surface area contributed by atoms with Gasteiger partial charge in [-0.15, -0.1) is 0 Å². The molecule has 0 bridgehead atoms. The summed E-state index contributed by atoms with van der Waals surface area (Å²) in [6.07, 6.45) is 3.10. The Bertz CT molecular complexity index is 864. The molecule has 0 aliphatic carbocycles. The van der Waals surface area contributed by atoms with E-state index < -0.39 is 6.61 Å². The molecule has 0 amide bonds. The Morgan fingerprint density at radius 1 is 1.14 bits per heavy atom.